The van der Waals surface area contributed by atoms with Crippen molar-refractivity contribution >= 4 is 0 Å². The molecule has 1 N–H and O–H groups in total. The van der Waals surface area contributed by atoms with Crippen molar-refractivity contribution in [3.63, 3.8) is 0 Å². The molecule has 0 radical (unpaired) electrons. The van der Waals surface area contributed by atoms with Crippen LogP contribution in [0.3, 0.4) is 0 Å². The van der Waals surface area contributed by atoms with Crippen molar-refractivity contribution in [3.8, 4) is 0 Å². The first-order chi connectivity index (χ1) is 9.52. The van der Waals surface area contributed by atoms with Crippen LogP contribution in [0.5, 0.6) is 0 Å². The summed E-state index contributed by atoms with van der Waals surface area (Å²) in [7, 11) is 0. The number of rotatable bonds is 5. The fourth-order valence-corrected chi connectivity index (χ4v) is 2.23. The molecular weight excluding hydrogens is 254 g/mol. The van der Waals surface area contributed by atoms with Gasteiger partial charge in [0, 0.05) is 18.0 Å². The summed E-state index contributed by atoms with van der Waals surface area (Å²) in [6.45, 7) is 7.96. The molecule has 0 amide bonds. The topological polar surface area (TPSA) is 76.7 Å². The third-order valence-electron chi connectivity index (χ3n) is 3.23. The summed E-state index contributed by atoms with van der Waals surface area (Å²) in [5.74, 6) is 0.781. The van der Waals surface area contributed by atoms with E-state index in [0.717, 1.165) is 29.2 Å². The van der Waals surface area contributed by atoms with Gasteiger partial charge in [-0.15, -0.1) is 0 Å². The van der Waals surface area contributed by atoms with Gasteiger partial charge in [0.05, 0.1) is 17.5 Å². The van der Waals surface area contributed by atoms with E-state index in [2.05, 4.69) is 20.3 Å². The largest absolute Gasteiger partial charge is 0.388 e. The van der Waals surface area contributed by atoms with Crippen molar-refractivity contribution in [1.82, 2.24) is 25.0 Å². The second-order valence-corrected chi connectivity index (χ2v) is 5.18. The van der Waals surface area contributed by atoms with Crippen LogP contribution in [0.15, 0.2) is 12.4 Å². The third-order valence-corrected chi connectivity index (χ3v) is 3.23. The Morgan fingerprint density at radius 2 is 2.05 bits per heavy atom. The summed E-state index contributed by atoms with van der Waals surface area (Å²) in [5.41, 5.74) is 2.47. The summed E-state index contributed by atoms with van der Waals surface area (Å²) >= 11 is 0. The summed E-state index contributed by atoms with van der Waals surface area (Å²) in [6, 6.07) is 2.12. The SMILES string of the molecule is CCc1nnc(C)cc1C(O)Cc1ncnn1C(C)C. The molecule has 1 atom stereocenters. The number of nitrogens with zero attached hydrogens (tertiary/aromatic N) is 5. The first kappa shape index (κ1) is 14.6. The maximum absolute atomic E-state index is 10.5. The molecule has 2 aromatic heterocycles. The number of aromatic nitrogens is 5. The lowest BCUT2D eigenvalue weighted by Gasteiger charge is -2.15. The molecule has 2 aromatic rings. The van der Waals surface area contributed by atoms with Gasteiger partial charge in [-0.3, -0.25) is 0 Å². The van der Waals surface area contributed by atoms with E-state index in [1.807, 2.05) is 38.4 Å². The van der Waals surface area contributed by atoms with E-state index in [9.17, 15) is 5.11 Å². The molecule has 1 unspecified atom stereocenters. The lowest BCUT2D eigenvalue weighted by Crippen LogP contribution is -2.14. The van der Waals surface area contributed by atoms with E-state index in [4.69, 9.17) is 0 Å². The maximum Gasteiger partial charge on any atom is 0.138 e. The molecule has 0 saturated heterocycles. The molecule has 6 heteroatoms. The Hall–Kier alpha value is -1.82. The zero-order chi connectivity index (χ0) is 14.7. The van der Waals surface area contributed by atoms with Crippen molar-refractivity contribution in [2.75, 3.05) is 0 Å². The second kappa shape index (κ2) is 6.09. The van der Waals surface area contributed by atoms with Gasteiger partial charge >= 0.3 is 0 Å². The first-order valence-corrected chi connectivity index (χ1v) is 6.92. The van der Waals surface area contributed by atoms with Crippen molar-refractivity contribution in [2.24, 2.45) is 0 Å². The smallest absolute Gasteiger partial charge is 0.138 e. The van der Waals surface area contributed by atoms with E-state index in [0.29, 0.717) is 6.42 Å². The predicted molar refractivity (Wildman–Crippen MR) is 75.2 cm³/mol. The van der Waals surface area contributed by atoms with Gasteiger partial charge in [0.1, 0.15) is 12.2 Å². The molecule has 6 nitrogen and oxygen atoms in total. The van der Waals surface area contributed by atoms with Gasteiger partial charge in [-0.1, -0.05) is 6.92 Å². The van der Waals surface area contributed by atoms with Gasteiger partial charge in [-0.25, -0.2) is 9.67 Å². The van der Waals surface area contributed by atoms with E-state index >= 15 is 0 Å². The molecule has 0 aromatic carbocycles. The average molecular weight is 275 g/mol. The molecule has 0 aliphatic rings. The van der Waals surface area contributed by atoms with Crippen molar-refractivity contribution in [3.05, 3.63) is 35.2 Å². The normalized spacial score (nSPS) is 12.9. The van der Waals surface area contributed by atoms with Gasteiger partial charge in [-0.2, -0.15) is 15.3 Å². The molecule has 0 spiro atoms. The minimum atomic E-state index is -0.638. The Morgan fingerprint density at radius 3 is 2.70 bits per heavy atom. The van der Waals surface area contributed by atoms with Crippen LogP contribution in [0.1, 0.15) is 55.7 Å². The highest BCUT2D eigenvalue weighted by Gasteiger charge is 2.18. The van der Waals surface area contributed by atoms with Crippen molar-refractivity contribution < 1.29 is 5.11 Å². The van der Waals surface area contributed by atoms with Crippen molar-refractivity contribution in [1.29, 1.82) is 0 Å². The summed E-state index contributed by atoms with van der Waals surface area (Å²) in [6.07, 6.45) is 2.06. The van der Waals surface area contributed by atoms with Crippen LogP contribution < -0.4 is 0 Å². The van der Waals surface area contributed by atoms with Gasteiger partial charge in [0.25, 0.3) is 0 Å². The monoisotopic (exact) mass is 275 g/mol. The molecule has 0 fully saturated rings. The Bertz CT molecular complexity index is 579. The highest BCUT2D eigenvalue weighted by molar-refractivity contribution is 5.24. The van der Waals surface area contributed by atoms with E-state index in [-0.39, 0.29) is 6.04 Å². The third kappa shape index (κ3) is 3.01. The minimum Gasteiger partial charge on any atom is -0.388 e. The quantitative estimate of drug-likeness (QED) is 0.900. The van der Waals surface area contributed by atoms with E-state index in [1.54, 1.807) is 0 Å². The molecule has 0 bridgehead atoms. The second-order valence-electron chi connectivity index (χ2n) is 5.18. The molecule has 108 valence electrons. The summed E-state index contributed by atoms with van der Waals surface area (Å²) in [5, 5.41) is 22.9. The van der Waals surface area contributed by atoms with Crippen molar-refractivity contribution in [2.45, 2.75) is 52.7 Å². The number of hydrogen-bond acceptors (Lipinski definition) is 5. The first-order valence-electron chi connectivity index (χ1n) is 6.92. The highest BCUT2D eigenvalue weighted by Crippen LogP contribution is 2.21. The van der Waals surface area contributed by atoms with Gasteiger partial charge in [-0.05, 0) is 33.3 Å². The Morgan fingerprint density at radius 1 is 1.30 bits per heavy atom. The lowest BCUT2D eigenvalue weighted by molar-refractivity contribution is 0.171. The maximum atomic E-state index is 10.5. The zero-order valence-corrected chi connectivity index (χ0v) is 12.4. The van der Waals surface area contributed by atoms with Crippen LogP contribution in [0.4, 0.5) is 0 Å². The number of hydrogen-bond donors (Lipinski definition) is 1. The minimum absolute atomic E-state index is 0.225. The van der Waals surface area contributed by atoms with E-state index in [1.165, 1.54) is 6.33 Å². The van der Waals surface area contributed by atoms with Gasteiger partial charge in [0.15, 0.2) is 0 Å². The van der Waals surface area contributed by atoms with Crippen LogP contribution in [0, 0.1) is 6.92 Å². The van der Waals surface area contributed by atoms with Gasteiger partial charge < -0.3 is 5.11 Å². The molecule has 2 heterocycles. The average Bonchev–Trinajstić information content (AvgIpc) is 2.87. The Kier molecular flexibility index (Phi) is 4.44. The number of aliphatic hydroxyl groups excluding tert-OH is 1. The highest BCUT2D eigenvalue weighted by atomic mass is 16.3. The standard InChI is InChI=1S/C14H21N5O/c1-5-12-11(6-10(4)17-18-12)13(20)7-14-15-8-16-19(14)9(2)3/h6,8-9,13,20H,5,7H2,1-4H3. The Balaban J connectivity index is 2.26. The van der Waals surface area contributed by atoms with Crippen LogP contribution in [-0.2, 0) is 12.8 Å². The summed E-state index contributed by atoms with van der Waals surface area (Å²) < 4.78 is 1.83. The zero-order valence-electron chi connectivity index (χ0n) is 12.4. The molecular formula is C14H21N5O. The molecule has 0 aliphatic heterocycles. The van der Waals surface area contributed by atoms with Crippen LogP contribution in [-0.4, -0.2) is 30.1 Å². The summed E-state index contributed by atoms with van der Waals surface area (Å²) in [4.78, 5) is 4.24. The molecule has 0 saturated carbocycles. The molecule has 0 aliphatic carbocycles. The predicted octanol–water partition coefficient (Wildman–Crippen LogP) is 1.80. The lowest BCUT2D eigenvalue weighted by atomic mass is 10.0. The van der Waals surface area contributed by atoms with E-state index < -0.39 is 6.10 Å². The van der Waals surface area contributed by atoms with Crippen LogP contribution in [0.2, 0.25) is 0 Å². The molecule has 20 heavy (non-hydrogen) atoms. The molecule has 2 rings (SSSR count). The fraction of sp³-hybridized carbons (Fsp3) is 0.571. The fourth-order valence-electron chi connectivity index (χ4n) is 2.23. The van der Waals surface area contributed by atoms with Crippen LogP contribution >= 0.6 is 0 Å². The Labute approximate surface area is 118 Å². The number of aryl methyl sites for hydroxylation is 2. The van der Waals surface area contributed by atoms with Crippen LogP contribution in [0.25, 0.3) is 0 Å². The van der Waals surface area contributed by atoms with Gasteiger partial charge in [0.2, 0.25) is 0 Å². The number of aliphatic hydroxyl groups is 1.